The molecule has 1 fully saturated rings. The largest absolute Gasteiger partial charge is 0.481 e. The van der Waals surface area contributed by atoms with Gasteiger partial charge in [0.25, 0.3) is 0 Å². The van der Waals surface area contributed by atoms with Crippen molar-refractivity contribution in [3.63, 3.8) is 0 Å². The molecule has 1 aromatic heterocycles. The van der Waals surface area contributed by atoms with Crippen LogP contribution >= 0.6 is 11.3 Å². The van der Waals surface area contributed by atoms with Gasteiger partial charge in [0.15, 0.2) is 0 Å². The highest BCUT2D eigenvalue weighted by atomic mass is 32.1. The van der Waals surface area contributed by atoms with Gasteiger partial charge >= 0.3 is 5.97 Å². The quantitative estimate of drug-likeness (QED) is 0.893. The van der Waals surface area contributed by atoms with Crippen LogP contribution in [0, 0.1) is 5.92 Å². The monoisotopic (exact) mass is 304 g/mol. The van der Waals surface area contributed by atoms with Crippen LogP contribution in [0.4, 0.5) is 0 Å². The van der Waals surface area contributed by atoms with E-state index in [-0.39, 0.29) is 17.4 Å². The molecule has 2 N–H and O–H groups in total. The molecule has 1 aliphatic heterocycles. The number of rotatable bonds is 2. The smallest absolute Gasteiger partial charge is 0.307 e. The van der Waals surface area contributed by atoms with Crippen molar-refractivity contribution in [2.75, 3.05) is 6.54 Å². The van der Waals surface area contributed by atoms with Crippen molar-refractivity contribution in [1.82, 2.24) is 10.3 Å². The number of nitrogens with one attached hydrogen (secondary N) is 1. The molecule has 1 aliphatic rings. The molecule has 2 unspecified atom stereocenters. The molecule has 0 bridgehead atoms. The van der Waals surface area contributed by atoms with Gasteiger partial charge in [-0.1, -0.05) is 32.9 Å². The summed E-state index contributed by atoms with van der Waals surface area (Å²) in [5, 5.41) is 13.6. The molecule has 2 aromatic rings. The average molecular weight is 304 g/mol. The Kier molecular flexibility index (Phi) is 3.50. The molecule has 21 heavy (non-hydrogen) atoms. The summed E-state index contributed by atoms with van der Waals surface area (Å²) < 4.78 is 1.18. The summed E-state index contributed by atoms with van der Waals surface area (Å²) in [6, 6.07) is 6.29. The van der Waals surface area contributed by atoms with E-state index in [1.807, 2.05) is 6.07 Å². The Morgan fingerprint density at radius 1 is 1.43 bits per heavy atom. The highest BCUT2D eigenvalue weighted by Gasteiger charge is 2.31. The zero-order chi connectivity index (χ0) is 15.2. The molecule has 0 spiro atoms. The van der Waals surface area contributed by atoms with E-state index >= 15 is 0 Å². The number of carboxylic acid groups (broad SMARTS) is 1. The van der Waals surface area contributed by atoms with Crippen LogP contribution in [0.15, 0.2) is 18.2 Å². The fourth-order valence-corrected chi connectivity index (χ4v) is 3.79. The Balaban J connectivity index is 2.00. The summed E-state index contributed by atoms with van der Waals surface area (Å²) in [4.78, 5) is 16.0. The number of aromatic nitrogens is 1. The molecule has 2 atom stereocenters. The normalized spacial score (nSPS) is 22.8. The van der Waals surface area contributed by atoms with Crippen LogP contribution in [0.5, 0.6) is 0 Å². The van der Waals surface area contributed by atoms with Gasteiger partial charge in [-0.05, 0) is 18.1 Å². The standard InChI is InChI=1S/C16H20N2O2S/c1-16(2,3)15-18-13-10(5-4-6-12(13)21-15)11-7-9(8-17-11)14(19)20/h4-6,9,11,17H,7-8H2,1-3H3,(H,19,20). The third-order valence-corrected chi connectivity index (χ3v) is 5.39. The van der Waals surface area contributed by atoms with Gasteiger partial charge in [-0.15, -0.1) is 11.3 Å². The molecule has 0 aliphatic carbocycles. The number of thiazole rings is 1. The first-order chi connectivity index (χ1) is 9.86. The van der Waals surface area contributed by atoms with E-state index in [1.54, 1.807) is 11.3 Å². The molecule has 1 saturated heterocycles. The molecule has 4 nitrogen and oxygen atoms in total. The number of carbonyl (C=O) groups is 1. The summed E-state index contributed by atoms with van der Waals surface area (Å²) in [6.07, 6.45) is 0.636. The van der Waals surface area contributed by atoms with Gasteiger partial charge in [0.1, 0.15) is 0 Å². The number of fused-ring (bicyclic) bond motifs is 1. The van der Waals surface area contributed by atoms with Crippen LogP contribution < -0.4 is 5.32 Å². The molecular formula is C16H20N2O2S. The first-order valence-electron chi connectivity index (χ1n) is 7.22. The predicted molar refractivity (Wildman–Crippen MR) is 84.8 cm³/mol. The molecule has 2 heterocycles. The Hall–Kier alpha value is -1.46. The highest BCUT2D eigenvalue weighted by Crippen LogP contribution is 2.36. The van der Waals surface area contributed by atoms with Crippen LogP contribution in [0.2, 0.25) is 0 Å². The first-order valence-corrected chi connectivity index (χ1v) is 8.04. The molecule has 1 aromatic carbocycles. The number of aliphatic carboxylic acids is 1. The molecule has 0 radical (unpaired) electrons. The van der Waals surface area contributed by atoms with Gasteiger partial charge in [-0.3, -0.25) is 4.79 Å². The van der Waals surface area contributed by atoms with E-state index in [0.717, 1.165) is 16.1 Å². The zero-order valence-electron chi connectivity index (χ0n) is 12.5. The van der Waals surface area contributed by atoms with Gasteiger partial charge < -0.3 is 10.4 Å². The maximum absolute atomic E-state index is 11.1. The van der Waals surface area contributed by atoms with Gasteiger partial charge in [-0.25, -0.2) is 4.98 Å². The number of hydrogen-bond acceptors (Lipinski definition) is 4. The zero-order valence-corrected chi connectivity index (χ0v) is 13.3. The van der Waals surface area contributed by atoms with E-state index in [0.29, 0.717) is 13.0 Å². The van der Waals surface area contributed by atoms with Gasteiger partial charge in [0.2, 0.25) is 0 Å². The minimum absolute atomic E-state index is 0.0354. The highest BCUT2D eigenvalue weighted by molar-refractivity contribution is 7.18. The second-order valence-electron chi connectivity index (χ2n) is 6.69. The second kappa shape index (κ2) is 5.07. The van der Waals surface area contributed by atoms with Crippen LogP contribution in [0.25, 0.3) is 10.2 Å². The Bertz CT molecular complexity index is 687. The average Bonchev–Trinajstić information content (AvgIpc) is 3.04. The number of hydrogen-bond donors (Lipinski definition) is 2. The summed E-state index contributed by atoms with van der Waals surface area (Å²) in [7, 11) is 0. The SMILES string of the molecule is CC(C)(C)c1nc2c(C3CC(C(=O)O)CN3)cccc2s1. The third-order valence-electron chi connectivity index (χ3n) is 3.95. The summed E-state index contributed by atoms with van der Waals surface area (Å²) >= 11 is 1.73. The summed E-state index contributed by atoms with van der Waals surface area (Å²) in [5.74, 6) is -1.02. The Labute approximate surface area is 128 Å². The van der Waals surface area contributed by atoms with Crippen LogP contribution in [0.1, 0.15) is 43.8 Å². The first kappa shape index (κ1) is 14.5. The fraction of sp³-hybridized carbons (Fsp3) is 0.500. The lowest BCUT2D eigenvalue weighted by atomic mass is 9.97. The van der Waals surface area contributed by atoms with Crippen molar-refractivity contribution < 1.29 is 9.90 Å². The van der Waals surface area contributed by atoms with Crippen molar-refractivity contribution in [2.24, 2.45) is 5.92 Å². The number of para-hydroxylation sites is 1. The Morgan fingerprint density at radius 2 is 2.19 bits per heavy atom. The van der Waals surface area contributed by atoms with Crippen molar-refractivity contribution in [3.8, 4) is 0 Å². The minimum Gasteiger partial charge on any atom is -0.481 e. The molecule has 3 rings (SSSR count). The van der Waals surface area contributed by atoms with E-state index in [9.17, 15) is 4.79 Å². The van der Waals surface area contributed by atoms with Crippen molar-refractivity contribution >= 4 is 27.5 Å². The van der Waals surface area contributed by atoms with Crippen molar-refractivity contribution in [3.05, 3.63) is 28.8 Å². The van der Waals surface area contributed by atoms with Crippen LogP contribution in [0.3, 0.4) is 0 Å². The van der Waals surface area contributed by atoms with E-state index in [4.69, 9.17) is 10.1 Å². The number of nitrogens with zero attached hydrogens (tertiary/aromatic N) is 1. The maximum Gasteiger partial charge on any atom is 0.307 e. The molecule has 0 saturated carbocycles. The predicted octanol–water partition coefficient (Wildman–Crippen LogP) is 3.33. The maximum atomic E-state index is 11.1. The van der Waals surface area contributed by atoms with Crippen molar-refractivity contribution in [2.45, 2.75) is 38.6 Å². The summed E-state index contributed by atoms with van der Waals surface area (Å²) in [5.41, 5.74) is 2.19. The number of benzene rings is 1. The lowest BCUT2D eigenvalue weighted by Gasteiger charge is -2.14. The molecule has 5 heteroatoms. The topological polar surface area (TPSA) is 62.2 Å². The molecular weight excluding hydrogens is 284 g/mol. The van der Waals surface area contributed by atoms with Gasteiger partial charge in [0, 0.05) is 18.0 Å². The van der Waals surface area contributed by atoms with E-state index in [2.05, 4.69) is 38.2 Å². The van der Waals surface area contributed by atoms with E-state index < -0.39 is 5.97 Å². The molecule has 0 amide bonds. The minimum atomic E-state index is -0.717. The van der Waals surface area contributed by atoms with Crippen LogP contribution in [-0.2, 0) is 10.2 Å². The van der Waals surface area contributed by atoms with E-state index in [1.165, 1.54) is 4.70 Å². The van der Waals surface area contributed by atoms with Gasteiger partial charge in [-0.2, -0.15) is 0 Å². The third kappa shape index (κ3) is 2.68. The van der Waals surface area contributed by atoms with Crippen LogP contribution in [-0.4, -0.2) is 22.6 Å². The van der Waals surface area contributed by atoms with Gasteiger partial charge in [0.05, 0.1) is 21.1 Å². The fourth-order valence-electron chi connectivity index (χ4n) is 2.73. The summed E-state index contributed by atoms with van der Waals surface area (Å²) in [6.45, 7) is 7.03. The van der Waals surface area contributed by atoms with Crippen molar-refractivity contribution in [1.29, 1.82) is 0 Å². The second-order valence-corrected chi connectivity index (χ2v) is 7.73. The lowest BCUT2D eigenvalue weighted by Crippen LogP contribution is -2.17. The number of carboxylic acids is 1. The molecule has 112 valence electrons. The Morgan fingerprint density at radius 3 is 2.81 bits per heavy atom. The lowest BCUT2D eigenvalue weighted by molar-refractivity contribution is -0.141.